The largest absolute Gasteiger partial charge is 0.493 e. The Hall–Kier alpha value is -3.07. The van der Waals surface area contributed by atoms with Crippen LogP contribution in [0.4, 0.5) is 5.69 Å². The van der Waals surface area contributed by atoms with Crippen molar-refractivity contribution in [3.63, 3.8) is 0 Å². The van der Waals surface area contributed by atoms with E-state index in [1.807, 2.05) is 6.07 Å². The number of hydrogen-bond acceptors (Lipinski definition) is 5. The molecule has 0 bridgehead atoms. The highest BCUT2D eigenvalue weighted by atomic mass is 16.6. The molecule has 0 aliphatic heterocycles. The molecule has 112 valence electrons. The fourth-order valence-electron chi connectivity index (χ4n) is 1.78. The highest BCUT2D eigenvalue weighted by Gasteiger charge is 2.06. The SMILES string of the molecule is N#Cc1cccc(OCCCOc2cccc([N+](=O)[O-])c2)c1. The predicted octanol–water partition coefficient (Wildman–Crippen LogP) is 3.31. The average molecular weight is 298 g/mol. The maximum absolute atomic E-state index is 10.6. The molecule has 0 aliphatic carbocycles. The van der Waals surface area contributed by atoms with Gasteiger partial charge in [0.15, 0.2) is 0 Å². The normalized spacial score (nSPS) is 9.77. The van der Waals surface area contributed by atoms with Gasteiger partial charge in [-0.05, 0) is 24.3 Å². The second-order valence-corrected chi connectivity index (χ2v) is 4.44. The standard InChI is InChI=1S/C16H14N2O4/c17-12-13-4-1-6-15(10-13)21-8-3-9-22-16-7-2-5-14(11-16)18(19)20/h1-2,4-7,10-11H,3,8-9H2. The zero-order chi connectivity index (χ0) is 15.8. The summed E-state index contributed by atoms with van der Waals surface area (Å²) >= 11 is 0. The van der Waals surface area contributed by atoms with Crippen LogP contribution in [-0.4, -0.2) is 18.1 Å². The third-order valence-corrected chi connectivity index (χ3v) is 2.82. The van der Waals surface area contributed by atoms with Crippen molar-refractivity contribution >= 4 is 5.69 Å². The molecule has 0 amide bonds. The van der Waals surface area contributed by atoms with Crippen molar-refractivity contribution in [2.75, 3.05) is 13.2 Å². The molecule has 0 fully saturated rings. The van der Waals surface area contributed by atoms with Gasteiger partial charge in [0.1, 0.15) is 11.5 Å². The van der Waals surface area contributed by atoms with Gasteiger partial charge >= 0.3 is 0 Å². The molecule has 6 nitrogen and oxygen atoms in total. The molecule has 0 aromatic heterocycles. The topological polar surface area (TPSA) is 85.4 Å². The summed E-state index contributed by atoms with van der Waals surface area (Å²) in [7, 11) is 0. The summed E-state index contributed by atoms with van der Waals surface area (Å²) in [5.41, 5.74) is 0.549. The second-order valence-electron chi connectivity index (χ2n) is 4.44. The van der Waals surface area contributed by atoms with Crippen LogP contribution in [0.2, 0.25) is 0 Å². The number of benzene rings is 2. The van der Waals surface area contributed by atoms with Gasteiger partial charge in [-0.15, -0.1) is 0 Å². The Bertz CT molecular complexity index is 695. The zero-order valence-corrected chi connectivity index (χ0v) is 11.8. The minimum Gasteiger partial charge on any atom is -0.493 e. The highest BCUT2D eigenvalue weighted by molar-refractivity contribution is 5.38. The molecule has 2 aromatic rings. The maximum Gasteiger partial charge on any atom is 0.273 e. The summed E-state index contributed by atoms with van der Waals surface area (Å²) < 4.78 is 11.0. The van der Waals surface area contributed by atoms with Crippen molar-refractivity contribution in [2.24, 2.45) is 0 Å². The zero-order valence-electron chi connectivity index (χ0n) is 11.8. The van der Waals surface area contributed by atoms with Gasteiger partial charge in [0.2, 0.25) is 0 Å². The molecule has 6 heteroatoms. The second kappa shape index (κ2) is 7.64. The first-order chi connectivity index (χ1) is 10.7. The fourth-order valence-corrected chi connectivity index (χ4v) is 1.78. The van der Waals surface area contributed by atoms with Crippen LogP contribution in [0, 0.1) is 21.4 Å². The van der Waals surface area contributed by atoms with Crippen LogP contribution in [0.1, 0.15) is 12.0 Å². The Labute approximate surface area is 127 Å². The van der Waals surface area contributed by atoms with Gasteiger partial charge in [-0.25, -0.2) is 0 Å². The molecular formula is C16H14N2O4. The molecule has 2 aromatic carbocycles. The summed E-state index contributed by atoms with van der Waals surface area (Å²) in [5, 5.41) is 19.4. The summed E-state index contributed by atoms with van der Waals surface area (Å²) in [4.78, 5) is 10.2. The van der Waals surface area contributed by atoms with E-state index in [2.05, 4.69) is 0 Å². The van der Waals surface area contributed by atoms with Crippen LogP contribution in [0.3, 0.4) is 0 Å². The smallest absolute Gasteiger partial charge is 0.273 e. The van der Waals surface area contributed by atoms with Gasteiger partial charge in [-0.2, -0.15) is 5.26 Å². The van der Waals surface area contributed by atoms with E-state index in [1.54, 1.807) is 36.4 Å². The summed E-state index contributed by atoms with van der Waals surface area (Å²) in [6.45, 7) is 0.822. The number of ether oxygens (including phenoxy) is 2. The van der Waals surface area contributed by atoms with Crippen molar-refractivity contribution in [3.8, 4) is 17.6 Å². The van der Waals surface area contributed by atoms with E-state index >= 15 is 0 Å². The molecule has 0 saturated heterocycles. The van der Waals surface area contributed by atoms with Gasteiger partial charge in [0, 0.05) is 12.5 Å². The van der Waals surface area contributed by atoms with Crippen LogP contribution in [0.15, 0.2) is 48.5 Å². The van der Waals surface area contributed by atoms with Crippen molar-refractivity contribution < 1.29 is 14.4 Å². The number of hydrogen-bond donors (Lipinski definition) is 0. The van der Waals surface area contributed by atoms with Gasteiger partial charge in [-0.1, -0.05) is 12.1 Å². The highest BCUT2D eigenvalue weighted by Crippen LogP contribution is 2.19. The average Bonchev–Trinajstić information content (AvgIpc) is 2.55. The van der Waals surface area contributed by atoms with Crippen LogP contribution < -0.4 is 9.47 Å². The minimum absolute atomic E-state index is 0.00192. The lowest BCUT2D eigenvalue weighted by molar-refractivity contribution is -0.384. The van der Waals surface area contributed by atoms with Crippen molar-refractivity contribution in [2.45, 2.75) is 6.42 Å². The quantitative estimate of drug-likeness (QED) is 0.444. The lowest BCUT2D eigenvalue weighted by Gasteiger charge is -2.08. The fraction of sp³-hybridized carbons (Fsp3) is 0.188. The summed E-state index contributed by atoms with van der Waals surface area (Å²) in [6.07, 6.45) is 0.624. The first-order valence-electron chi connectivity index (χ1n) is 6.69. The van der Waals surface area contributed by atoms with E-state index in [9.17, 15) is 10.1 Å². The van der Waals surface area contributed by atoms with Crippen molar-refractivity contribution in [3.05, 3.63) is 64.2 Å². The molecule has 2 rings (SSSR count). The Morgan fingerprint density at radius 1 is 1.05 bits per heavy atom. The third-order valence-electron chi connectivity index (χ3n) is 2.82. The molecule has 0 N–H and O–H groups in total. The molecular weight excluding hydrogens is 284 g/mol. The lowest BCUT2D eigenvalue weighted by atomic mass is 10.2. The predicted molar refractivity (Wildman–Crippen MR) is 79.9 cm³/mol. The molecule has 0 heterocycles. The molecule has 0 atom stereocenters. The van der Waals surface area contributed by atoms with Gasteiger partial charge < -0.3 is 9.47 Å². The molecule has 0 radical (unpaired) electrons. The van der Waals surface area contributed by atoms with E-state index < -0.39 is 4.92 Å². The summed E-state index contributed by atoms with van der Waals surface area (Å²) in [5.74, 6) is 1.09. The van der Waals surface area contributed by atoms with Crippen LogP contribution in [0.25, 0.3) is 0 Å². The number of nitro groups is 1. The van der Waals surface area contributed by atoms with E-state index in [4.69, 9.17) is 14.7 Å². The number of non-ortho nitro benzene ring substituents is 1. The monoisotopic (exact) mass is 298 g/mol. The van der Waals surface area contributed by atoms with Crippen molar-refractivity contribution in [1.82, 2.24) is 0 Å². The molecule has 0 saturated carbocycles. The van der Waals surface area contributed by atoms with Gasteiger partial charge in [0.05, 0.1) is 35.8 Å². The first kappa shape index (κ1) is 15.3. The molecule has 0 spiro atoms. The van der Waals surface area contributed by atoms with E-state index in [1.165, 1.54) is 12.1 Å². The number of nitrogens with zero attached hydrogens (tertiary/aromatic N) is 2. The van der Waals surface area contributed by atoms with Crippen LogP contribution in [-0.2, 0) is 0 Å². The minimum atomic E-state index is -0.460. The molecule has 0 aliphatic rings. The van der Waals surface area contributed by atoms with Crippen LogP contribution >= 0.6 is 0 Å². The van der Waals surface area contributed by atoms with Crippen molar-refractivity contribution in [1.29, 1.82) is 5.26 Å². The van der Waals surface area contributed by atoms with E-state index in [0.717, 1.165) is 0 Å². The first-order valence-corrected chi connectivity index (χ1v) is 6.69. The lowest BCUT2D eigenvalue weighted by Crippen LogP contribution is -2.05. The van der Waals surface area contributed by atoms with Gasteiger partial charge in [0.25, 0.3) is 5.69 Å². The Morgan fingerprint density at radius 3 is 2.32 bits per heavy atom. The maximum atomic E-state index is 10.6. The summed E-state index contributed by atoms with van der Waals surface area (Å²) in [6, 6.07) is 15.0. The third kappa shape index (κ3) is 4.49. The number of nitro benzene ring substituents is 1. The van der Waals surface area contributed by atoms with E-state index in [0.29, 0.717) is 36.7 Å². The Kier molecular flexibility index (Phi) is 5.32. The number of nitriles is 1. The molecule has 22 heavy (non-hydrogen) atoms. The number of rotatable bonds is 7. The molecule has 0 unspecified atom stereocenters. The van der Waals surface area contributed by atoms with Crippen LogP contribution in [0.5, 0.6) is 11.5 Å². The Balaban J connectivity index is 1.74. The van der Waals surface area contributed by atoms with Gasteiger partial charge in [-0.3, -0.25) is 10.1 Å². The van der Waals surface area contributed by atoms with E-state index in [-0.39, 0.29) is 5.69 Å². The Morgan fingerprint density at radius 2 is 1.68 bits per heavy atom.